The summed E-state index contributed by atoms with van der Waals surface area (Å²) in [6.45, 7) is 4.80. The van der Waals surface area contributed by atoms with Gasteiger partial charge in [-0.05, 0) is 67.6 Å². The first-order chi connectivity index (χ1) is 10.1. The predicted octanol–water partition coefficient (Wildman–Crippen LogP) is 4.50. The molecule has 2 heteroatoms. The second-order valence-corrected chi connectivity index (χ2v) is 5.39. The molecule has 0 aliphatic heterocycles. The Labute approximate surface area is 126 Å². The summed E-state index contributed by atoms with van der Waals surface area (Å²) in [4.78, 5) is 0. The zero-order chi connectivity index (χ0) is 15.2. The van der Waals surface area contributed by atoms with Gasteiger partial charge in [-0.3, -0.25) is 0 Å². The van der Waals surface area contributed by atoms with Gasteiger partial charge >= 0.3 is 0 Å². The van der Waals surface area contributed by atoms with Crippen molar-refractivity contribution in [1.82, 2.24) is 0 Å². The third kappa shape index (κ3) is 4.02. The number of halogens is 1. The van der Waals surface area contributed by atoms with Crippen molar-refractivity contribution < 1.29 is 4.39 Å². The monoisotopic (exact) mass is 283 g/mol. The highest BCUT2D eigenvalue weighted by atomic mass is 19.1. The highest BCUT2D eigenvalue weighted by Crippen LogP contribution is 2.19. The zero-order valence-electron chi connectivity index (χ0n) is 12.7. The molecular weight excluding hydrogens is 261 g/mol. The zero-order valence-corrected chi connectivity index (χ0v) is 12.7. The summed E-state index contributed by atoms with van der Waals surface area (Å²) in [5.41, 5.74) is 10.8. The Morgan fingerprint density at radius 2 is 1.76 bits per heavy atom. The number of benzene rings is 2. The second-order valence-electron chi connectivity index (χ2n) is 5.39. The van der Waals surface area contributed by atoms with Crippen molar-refractivity contribution in [2.24, 2.45) is 5.73 Å². The maximum absolute atomic E-state index is 13.9. The minimum absolute atomic E-state index is 0.186. The van der Waals surface area contributed by atoms with Crippen molar-refractivity contribution in [2.75, 3.05) is 6.54 Å². The summed E-state index contributed by atoms with van der Waals surface area (Å²) < 4.78 is 13.9. The van der Waals surface area contributed by atoms with Crippen molar-refractivity contribution in [3.8, 4) is 0 Å². The molecule has 1 nitrogen and oxygen atoms in total. The number of hydrogen-bond donors (Lipinski definition) is 1. The molecule has 0 atom stereocenters. The molecule has 2 aromatic carbocycles. The van der Waals surface area contributed by atoms with Crippen LogP contribution in [0.2, 0.25) is 0 Å². The van der Waals surface area contributed by atoms with E-state index in [0.29, 0.717) is 12.1 Å². The summed E-state index contributed by atoms with van der Waals surface area (Å²) in [5.74, 6) is -0.186. The Kier molecular flexibility index (Phi) is 5.29. The van der Waals surface area contributed by atoms with Gasteiger partial charge in [0.2, 0.25) is 0 Å². The van der Waals surface area contributed by atoms with Gasteiger partial charge in [-0.1, -0.05) is 36.4 Å². The maximum atomic E-state index is 13.9. The van der Waals surface area contributed by atoms with Crippen LogP contribution in [0.3, 0.4) is 0 Å². The highest BCUT2D eigenvalue weighted by molar-refractivity contribution is 5.73. The smallest absolute Gasteiger partial charge is 0.130 e. The average Bonchev–Trinajstić information content (AvgIpc) is 2.47. The normalized spacial score (nSPS) is 11.2. The Bertz CT molecular complexity index is 624. The lowest BCUT2D eigenvalue weighted by Gasteiger charge is -2.06. The van der Waals surface area contributed by atoms with Crippen LogP contribution in [-0.4, -0.2) is 6.54 Å². The SMILES string of the molecule is Cc1cccc(C)c1/C=C/c1cc(CCCN)ccc1F. The second kappa shape index (κ2) is 7.19. The lowest BCUT2D eigenvalue weighted by Crippen LogP contribution is -2.00. The van der Waals surface area contributed by atoms with Gasteiger partial charge in [0.15, 0.2) is 0 Å². The maximum Gasteiger partial charge on any atom is 0.130 e. The summed E-state index contributed by atoms with van der Waals surface area (Å²) in [6, 6.07) is 11.5. The van der Waals surface area contributed by atoms with Crippen LogP contribution < -0.4 is 5.73 Å². The molecule has 0 aliphatic carbocycles. The largest absolute Gasteiger partial charge is 0.330 e. The summed E-state index contributed by atoms with van der Waals surface area (Å²) in [6.07, 6.45) is 5.67. The Morgan fingerprint density at radius 3 is 2.43 bits per heavy atom. The first kappa shape index (κ1) is 15.5. The molecule has 110 valence electrons. The van der Waals surface area contributed by atoms with Gasteiger partial charge < -0.3 is 5.73 Å². The van der Waals surface area contributed by atoms with E-state index in [1.807, 2.05) is 30.4 Å². The molecule has 0 spiro atoms. The van der Waals surface area contributed by atoms with Gasteiger partial charge in [0.1, 0.15) is 5.82 Å². The van der Waals surface area contributed by atoms with Crippen molar-refractivity contribution in [3.05, 3.63) is 70.0 Å². The predicted molar refractivity (Wildman–Crippen MR) is 88.6 cm³/mol. The molecule has 0 fully saturated rings. The molecule has 0 saturated carbocycles. The fourth-order valence-electron chi connectivity index (χ4n) is 2.45. The van der Waals surface area contributed by atoms with E-state index in [9.17, 15) is 4.39 Å². The van der Waals surface area contributed by atoms with E-state index < -0.39 is 0 Å². The molecule has 0 radical (unpaired) electrons. The molecule has 0 unspecified atom stereocenters. The van der Waals surface area contributed by atoms with Gasteiger partial charge in [0.05, 0.1) is 0 Å². The van der Waals surface area contributed by atoms with Crippen molar-refractivity contribution in [2.45, 2.75) is 26.7 Å². The fourth-order valence-corrected chi connectivity index (χ4v) is 2.45. The third-order valence-corrected chi connectivity index (χ3v) is 3.70. The van der Waals surface area contributed by atoms with E-state index >= 15 is 0 Å². The first-order valence-corrected chi connectivity index (χ1v) is 7.34. The molecule has 2 aromatic rings. The molecular formula is C19H22FN. The van der Waals surface area contributed by atoms with E-state index in [0.717, 1.165) is 24.0 Å². The molecule has 2 rings (SSSR count). The number of aryl methyl sites for hydroxylation is 3. The summed E-state index contributed by atoms with van der Waals surface area (Å²) in [5, 5.41) is 0. The lowest BCUT2D eigenvalue weighted by molar-refractivity contribution is 0.624. The van der Waals surface area contributed by atoms with Crippen molar-refractivity contribution in [3.63, 3.8) is 0 Å². The van der Waals surface area contributed by atoms with Crippen LogP contribution in [0.25, 0.3) is 12.2 Å². The van der Waals surface area contributed by atoms with E-state index in [2.05, 4.69) is 26.0 Å². The van der Waals surface area contributed by atoms with E-state index in [-0.39, 0.29) is 5.82 Å². The number of rotatable bonds is 5. The van der Waals surface area contributed by atoms with Crippen LogP contribution in [0.5, 0.6) is 0 Å². The molecule has 0 heterocycles. The third-order valence-electron chi connectivity index (χ3n) is 3.70. The number of nitrogens with two attached hydrogens (primary N) is 1. The molecule has 2 N–H and O–H groups in total. The Morgan fingerprint density at radius 1 is 1.05 bits per heavy atom. The topological polar surface area (TPSA) is 26.0 Å². The highest BCUT2D eigenvalue weighted by Gasteiger charge is 2.02. The van der Waals surface area contributed by atoms with Crippen molar-refractivity contribution >= 4 is 12.2 Å². The van der Waals surface area contributed by atoms with Gasteiger partial charge in [0, 0.05) is 5.56 Å². The van der Waals surface area contributed by atoms with Crippen LogP contribution in [0, 0.1) is 19.7 Å². The van der Waals surface area contributed by atoms with E-state index in [1.54, 1.807) is 0 Å². The quantitative estimate of drug-likeness (QED) is 0.803. The number of hydrogen-bond acceptors (Lipinski definition) is 1. The van der Waals surface area contributed by atoms with Gasteiger partial charge in [-0.15, -0.1) is 0 Å². The minimum atomic E-state index is -0.186. The van der Waals surface area contributed by atoms with Gasteiger partial charge in [0.25, 0.3) is 0 Å². The molecule has 21 heavy (non-hydrogen) atoms. The minimum Gasteiger partial charge on any atom is -0.330 e. The standard InChI is InChI=1S/C19H22FN/c1-14-5-3-6-15(2)18(14)10-9-17-13-16(7-4-12-21)8-11-19(17)20/h3,5-6,8-11,13H,4,7,12,21H2,1-2H3/b10-9+. The van der Waals surface area contributed by atoms with Crippen molar-refractivity contribution in [1.29, 1.82) is 0 Å². The van der Waals surface area contributed by atoms with Crippen LogP contribution in [-0.2, 0) is 6.42 Å². The molecule has 0 bridgehead atoms. The summed E-state index contributed by atoms with van der Waals surface area (Å²) >= 11 is 0. The lowest BCUT2D eigenvalue weighted by atomic mass is 10.0. The van der Waals surface area contributed by atoms with E-state index in [1.165, 1.54) is 17.2 Å². The first-order valence-electron chi connectivity index (χ1n) is 7.34. The molecule has 0 saturated heterocycles. The van der Waals surface area contributed by atoms with Crippen LogP contribution in [0.4, 0.5) is 4.39 Å². The van der Waals surface area contributed by atoms with Gasteiger partial charge in [-0.2, -0.15) is 0 Å². The van der Waals surface area contributed by atoms with Crippen LogP contribution in [0.1, 0.15) is 34.2 Å². The average molecular weight is 283 g/mol. The Balaban J connectivity index is 2.28. The molecule has 0 amide bonds. The molecule has 0 aromatic heterocycles. The van der Waals surface area contributed by atoms with E-state index in [4.69, 9.17) is 5.73 Å². The van der Waals surface area contributed by atoms with Gasteiger partial charge in [-0.25, -0.2) is 4.39 Å². The van der Waals surface area contributed by atoms with Crippen LogP contribution in [0.15, 0.2) is 36.4 Å². The molecule has 0 aliphatic rings. The van der Waals surface area contributed by atoms with Crippen LogP contribution >= 0.6 is 0 Å². The summed E-state index contributed by atoms with van der Waals surface area (Å²) in [7, 11) is 0. The fraction of sp³-hybridized carbons (Fsp3) is 0.263. The Hall–Kier alpha value is -1.93.